The van der Waals surface area contributed by atoms with Crippen LogP contribution in [0.15, 0.2) is 76.3 Å². The number of non-ortho nitro benzene ring substituents is 1. The van der Waals surface area contributed by atoms with Gasteiger partial charge in [-0.1, -0.05) is 39.7 Å². The number of hydrazone groups is 1. The molecule has 1 atom stereocenters. The molecule has 0 spiro atoms. The third kappa shape index (κ3) is 5.16. The Morgan fingerprint density at radius 1 is 1.18 bits per heavy atom. The molecule has 1 unspecified atom stereocenters. The first-order valence-corrected chi connectivity index (χ1v) is 11.3. The number of carbonyl (C=O) groups is 2. The van der Waals surface area contributed by atoms with Crippen molar-refractivity contribution in [1.82, 2.24) is 5.01 Å². The molecule has 0 aromatic heterocycles. The lowest BCUT2D eigenvalue weighted by atomic mass is 9.98. The molecule has 0 N–H and O–H groups in total. The first-order valence-electron chi connectivity index (χ1n) is 10.1. The summed E-state index contributed by atoms with van der Waals surface area (Å²) in [5, 5.41) is 17.4. The number of nitrogens with zero attached hydrogens (tertiary/aromatic N) is 3. The second-order valence-corrected chi connectivity index (χ2v) is 8.80. The molecule has 1 amide bonds. The van der Waals surface area contributed by atoms with Gasteiger partial charge in [0.05, 0.1) is 22.2 Å². The third-order valence-electron chi connectivity index (χ3n) is 5.28. The number of aldehydes is 1. The highest BCUT2D eigenvalue weighted by Gasteiger charge is 2.33. The van der Waals surface area contributed by atoms with Crippen LogP contribution in [0, 0.1) is 10.1 Å². The van der Waals surface area contributed by atoms with Gasteiger partial charge in [0.1, 0.15) is 5.75 Å². The van der Waals surface area contributed by atoms with E-state index < -0.39 is 16.9 Å². The number of carbonyl (C=O) groups excluding carboxylic acids is 2. The summed E-state index contributed by atoms with van der Waals surface area (Å²) >= 11 is 9.32. The van der Waals surface area contributed by atoms with Gasteiger partial charge in [-0.3, -0.25) is 19.7 Å². The Morgan fingerprint density at radius 2 is 1.88 bits per heavy atom. The second-order valence-electron chi connectivity index (χ2n) is 7.45. The van der Waals surface area contributed by atoms with E-state index >= 15 is 0 Å². The monoisotopic (exact) mass is 541 g/mol. The molecule has 0 radical (unpaired) electrons. The highest BCUT2D eigenvalue weighted by atomic mass is 79.9. The van der Waals surface area contributed by atoms with Crippen LogP contribution in [0.25, 0.3) is 0 Å². The Balaban J connectivity index is 1.60. The van der Waals surface area contributed by atoms with Gasteiger partial charge >= 0.3 is 0 Å². The van der Waals surface area contributed by atoms with Crippen LogP contribution in [0.5, 0.6) is 5.75 Å². The summed E-state index contributed by atoms with van der Waals surface area (Å²) in [6.07, 6.45) is 1.06. The molecule has 0 saturated carbocycles. The van der Waals surface area contributed by atoms with Crippen molar-refractivity contribution < 1.29 is 19.2 Å². The maximum absolute atomic E-state index is 13.1. The number of nitro groups is 1. The van der Waals surface area contributed by atoms with E-state index in [0.717, 1.165) is 5.56 Å². The fourth-order valence-corrected chi connectivity index (χ4v) is 4.09. The quantitative estimate of drug-likeness (QED) is 0.220. The minimum Gasteiger partial charge on any atom is -0.483 e. The normalized spacial score (nSPS) is 15.1. The Morgan fingerprint density at radius 3 is 2.53 bits per heavy atom. The van der Waals surface area contributed by atoms with E-state index in [1.165, 1.54) is 17.1 Å². The van der Waals surface area contributed by atoms with Crippen molar-refractivity contribution in [1.29, 1.82) is 0 Å². The number of amides is 1. The van der Waals surface area contributed by atoms with Gasteiger partial charge in [-0.2, -0.15) is 5.10 Å². The largest absolute Gasteiger partial charge is 0.483 e. The number of rotatable bonds is 7. The smallest absolute Gasteiger partial charge is 0.281 e. The number of ether oxygens (including phenoxy) is 1. The molecule has 8 nitrogen and oxygen atoms in total. The predicted octanol–water partition coefficient (Wildman–Crippen LogP) is 5.58. The maximum Gasteiger partial charge on any atom is 0.281 e. The van der Waals surface area contributed by atoms with Gasteiger partial charge in [-0.25, -0.2) is 5.01 Å². The van der Waals surface area contributed by atoms with Crippen LogP contribution in [-0.4, -0.2) is 34.4 Å². The zero-order chi connectivity index (χ0) is 24.2. The van der Waals surface area contributed by atoms with Crippen molar-refractivity contribution >= 4 is 51.1 Å². The Bertz CT molecular complexity index is 1280. The van der Waals surface area contributed by atoms with Gasteiger partial charge in [0, 0.05) is 28.0 Å². The van der Waals surface area contributed by atoms with E-state index in [9.17, 15) is 19.7 Å². The molecule has 3 aromatic rings. The second kappa shape index (κ2) is 10.1. The van der Waals surface area contributed by atoms with E-state index in [4.69, 9.17) is 16.3 Å². The van der Waals surface area contributed by atoms with E-state index in [1.807, 2.05) is 12.1 Å². The molecule has 10 heteroatoms. The lowest BCUT2D eigenvalue weighted by Gasteiger charge is -2.22. The van der Waals surface area contributed by atoms with Gasteiger partial charge in [0.2, 0.25) is 0 Å². The Hall–Kier alpha value is -3.56. The van der Waals surface area contributed by atoms with Crippen molar-refractivity contribution in [2.24, 2.45) is 5.10 Å². The summed E-state index contributed by atoms with van der Waals surface area (Å²) in [5.41, 5.74) is 2.40. The molecule has 1 heterocycles. The standard InChI is InChI=1S/C24H17BrClN3O5/c25-18-5-10-23(17(11-18)13-30)34-14-24(31)28-22(16-1-6-19(26)7-2-16)12-21(27-28)15-3-8-20(9-4-15)29(32)33/h1-11,13,22H,12,14H2. The first kappa shape index (κ1) is 23.6. The molecule has 4 rings (SSSR count). The van der Waals surface area contributed by atoms with Gasteiger partial charge in [-0.05, 0) is 53.6 Å². The van der Waals surface area contributed by atoms with Crippen LogP contribution < -0.4 is 4.74 Å². The topological polar surface area (TPSA) is 102 Å². The molecular weight excluding hydrogens is 526 g/mol. The van der Waals surface area contributed by atoms with Crippen molar-refractivity contribution in [3.05, 3.63) is 103 Å². The van der Waals surface area contributed by atoms with Gasteiger partial charge in [0.15, 0.2) is 12.9 Å². The highest BCUT2D eigenvalue weighted by molar-refractivity contribution is 9.10. The van der Waals surface area contributed by atoms with Crippen LogP contribution in [-0.2, 0) is 4.79 Å². The number of hydrogen-bond donors (Lipinski definition) is 0. The van der Waals surface area contributed by atoms with Crippen molar-refractivity contribution in [2.45, 2.75) is 12.5 Å². The first-order chi connectivity index (χ1) is 16.4. The minimum atomic E-state index is -0.473. The summed E-state index contributed by atoms with van der Waals surface area (Å²) in [4.78, 5) is 35.0. The van der Waals surface area contributed by atoms with Crippen molar-refractivity contribution in [3.63, 3.8) is 0 Å². The lowest BCUT2D eigenvalue weighted by Crippen LogP contribution is -2.31. The number of benzene rings is 3. The number of hydrogen-bond acceptors (Lipinski definition) is 6. The van der Waals surface area contributed by atoms with Gasteiger partial charge in [0.25, 0.3) is 11.6 Å². The summed E-state index contributed by atoms with van der Waals surface area (Å²) < 4.78 is 6.35. The molecular formula is C24H17BrClN3O5. The molecule has 0 fully saturated rings. The average Bonchev–Trinajstić information content (AvgIpc) is 3.29. The molecule has 0 bridgehead atoms. The molecule has 34 heavy (non-hydrogen) atoms. The van der Waals surface area contributed by atoms with Crippen LogP contribution in [0.2, 0.25) is 5.02 Å². The number of halogens is 2. The average molecular weight is 543 g/mol. The number of nitro benzene ring substituents is 1. The highest BCUT2D eigenvalue weighted by Crippen LogP contribution is 2.34. The molecule has 3 aromatic carbocycles. The summed E-state index contributed by atoms with van der Waals surface area (Å²) in [7, 11) is 0. The predicted molar refractivity (Wildman–Crippen MR) is 130 cm³/mol. The van der Waals surface area contributed by atoms with E-state index in [2.05, 4.69) is 21.0 Å². The van der Waals surface area contributed by atoms with E-state index in [1.54, 1.807) is 42.5 Å². The molecule has 0 saturated heterocycles. The summed E-state index contributed by atoms with van der Waals surface area (Å²) in [5.74, 6) is -0.120. The van der Waals surface area contributed by atoms with Crippen molar-refractivity contribution in [3.8, 4) is 5.75 Å². The van der Waals surface area contributed by atoms with E-state index in [0.29, 0.717) is 39.0 Å². The zero-order valence-electron chi connectivity index (χ0n) is 17.6. The molecule has 1 aliphatic heterocycles. The molecule has 0 aliphatic carbocycles. The van der Waals surface area contributed by atoms with Crippen molar-refractivity contribution in [2.75, 3.05) is 6.61 Å². The fraction of sp³-hybridized carbons (Fsp3) is 0.125. The fourth-order valence-electron chi connectivity index (χ4n) is 3.58. The SMILES string of the molecule is O=Cc1cc(Br)ccc1OCC(=O)N1N=C(c2ccc([N+](=O)[O-])cc2)CC1c1ccc(Cl)cc1. The van der Waals surface area contributed by atoms with Gasteiger partial charge < -0.3 is 4.74 Å². The molecule has 1 aliphatic rings. The molecule has 172 valence electrons. The lowest BCUT2D eigenvalue weighted by molar-refractivity contribution is -0.384. The van der Waals surface area contributed by atoms with Crippen LogP contribution in [0.4, 0.5) is 5.69 Å². The Kier molecular flexibility index (Phi) is 7.04. The van der Waals surface area contributed by atoms with Crippen LogP contribution in [0.1, 0.15) is 33.9 Å². The van der Waals surface area contributed by atoms with Gasteiger partial charge in [-0.15, -0.1) is 0 Å². The summed E-state index contributed by atoms with van der Waals surface area (Å²) in [6, 6.07) is 17.6. The van der Waals surface area contributed by atoms with E-state index in [-0.39, 0.29) is 18.0 Å². The zero-order valence-corrected chi connectivity index (χ0v) is 19.9. The van der Waals surface area contributed by atoms with Crippen LogP contribution in [0.3, 0.4) is 0 Å². The summed E-state index contributed by atoms with van der Waals surface area (Å²) in [6.45, 7) is -0.330. The minimum absolute atomic E-state index is 0.0292. The Labute approximate surface area is 208 Å². The third-order valence-corrected chi connectivity index (χ3v) is 6.03. The maximum atomic E-state index is 13.1. The van der Waals surface area contributed by atoms with Crippen LogP contribution >= 0.6 is 27.5 Å².